The first kappa shape index (κ1) is 16.0. The number of aryl methyl sites for hydroxylation is 1. The molecular weight excluding hydrogens is 332 g/mol. The molecule has 0 spiro atoms. The smallest absolute Gasteiger partial charge is 0.263 e. The Morgan fingerprint density at radius 2 is 2.08 bits per heavy atom. The molecule has 2 aromatic heterocycles. The van der Waals surface area contributed by atoms with E-state index in [9.17, 15) is 4.79 Å². The second-order valence-electron chi connectivity index (χ2n) is 6.46. The zero-order chi connectivity index (χ0) is 17.2. The van der Waals surface area contributed by atoms with Gasteiger partial charge in [-0.05, 0) is 18.4 Å². The second kappa shape index (κ2) is 6.80. The summed E-state index contributed by atoms with van der Waals surface area (Å²) in [5.41, 5.74) is 2.25. The van der Waals surface area contributed by atoms with Crippen LogP contribution in [0.5, 0.6) is 0 Å². The average molecular weight is 352 g/mol. The molecule has 0 unspecified atom stereocenters. The van der Waals surface area contributed by atoms with Crippen LogP contribution in [-0.2, 0) is 7.05 Å². The molecule has 0 radical (unpaired) electrons. The minimum absolute atomic E-state index is 0.0273. The van der Waals surface area contributed by atoms with Crippen molar-refractivity contribution in [2.75, 3.05) is 0 Å². The number of thiazole rings is 1. The van der Waals surface area contributed by atoms with Crippen LogP contribution in [0.3, 0.4) is 0 Å². The lowest BCUT2D eigenvalue weighted by Crippen LogP contribution is -2.36. The fourth-order valence-electron chi connectivity index (χ4n) is 3.52. The van der Waals surface area contributed by atoms with Crippen molar-refractivity contribution < 1.29 is 4.79 Å². The molecule has 4 rings (SSSR count). The Labute approximate surface area is 150 Å². The maximum Gasteiger partial charge on any atom is 0.263 e. The molecule has 2 atom stereocenters. The zero-order valence-electron chi connectivity index (χ0n) is 14.1. The van der Waals surface area contributed by atoms with Gasteiger partial charge < -0.3 is 5.32 Å². The molecule has 1 aliphatic rings. The van der Waals surface area contributed by atoms with Crippen LogP contribution < -0.4 is 5.32 Å². The molecule has 25 heavy (non-hydrogen) atoms. The van der Waals surface area contributed by atoms with Crippen molar-refractivity contribution >= 4 is 17.2 Å². The molecule has 3 aromatic rings. The molecule has 1 fully saturated rings. The highest BCUT2D eigenvalue weighted by Gasteiger charge is 2.30. The van der Waals surface area contributed by atoms with Crippen LogP contribution >= 0.6 is 11.3 Å². The Balaban J connectivity index is 1.47. The zero-order valence-corrected chi connectivity index (χ0v) is 14.9. The van der Waals surface area contributed by atoms with Crippen molar-refractivity contribution in [3.63, 3.8) is 0 Å². The fourth-order valence-corrected chi connectivity index (χ4v) is 4.31. The summed E-state index contributed by atoms with van der Waals surface area (Å²) in [4.78, 5) is 17.7. The highest BCUT2D eigenvalue weighted by Crippen LogP contribution is 2.35. The number of hydrogen-bond donors (Lipinski definition) is 1. The van der Waals surface area contributed by atoms with E-state index in [1.165, 1.54) is 16.9 Å². The molecule has 0 saturated heterocycles. The number of nitrogens with one attached hydrogen (secondary N) is 1. The minimum atomic E-state index is -0.0273. The third-order valence-electron chi connectivity index (χ3n) is 4.74. The van der Waals surface area contributed by atoms with Gasteiger partial charge in [0.2, 0.25) is 0 Å². The van der Waals surface area contributed by atoms with E-state index in [2.05, 4.69) is 39.7 Å². The maximum atomic E-state index is 12.7. The standard InChI is InChI=1S/C19H20N4OS/c1-23-12-14(10-21-23)19-20-11-17(25-19)18(24)22-16-9-5-8-15(16)13-6-3-2-4-7-13/h2-4,6-7,10-12,15-16H,5,8-9H2,1H3,(H,22,24)/t15-,16+/m0/s1. The molecule has 1 amide bonds. The molecule has 1 aromatic carbocycles. The van der Waals surface area contributed by atoms with E-state index in [4.69, 9.17) is 0 Å². The van der Waals surface area contributed by atoms with E-state index in [0.29, 0.717) is 10.8 Å². The third kappa shape index (κ3) is 3.35. The molecule has 128 valence electrons. The topological polar surface area (TPSA) is 59.8 Å². The summed E-state index contributed by atoms with van der Waals surface area (Å²) in [6, 6.07) is 10.7. The van der Waals surface area contributed by atoms with Crippen LogP contribution in [0, 0.1) is 0 Å². The molecule has 1 N–H and O–H groups in total. The van der Waals surface area contributed by atoms with Crippen molar-refractivity contribution in [1.29, 1.82) is 0 Å². The van der Waals surface area contributed by atoms with Gasteiger partial charge >= 0.3 is 0 Å². The van der Waals surface area contributed by atoms with E-state index >= 15 is 0 Å². The lowest BCUT2D eigenvalue weighted by Gasteiger charge is -2.21. The van der Waals surface area contributed by atoms with Crippen molar-refractivity contribution in [2.24, 2.45) is 7.05 Å². The molecule has 2 heterocycles. The van der Waals surface area contributed by atoms with Gasteiger partial charge in [-0.2, -0.15) is 5.10 Å². The number of carbonyl (C=O) groups is 1. The van der Waals surface area contributed by atoms with Gasteiger partial charge in [0.15, 0.2) is 0 Å². The molecule has 6 heteroatoms. The normalized spacial score (nSPS) is 19.9. The summed E-state index contributed by atoms with van der Waals surface area (Å²) in [6.45, 7) is 0. The SMILES string of the molecule is Cn1cc(-c2ncc(C(=O)N[C@@H]3CCC[C@H]3c3ccccc3)s2)cn1. The van der Waals surface area contributed by atoms with E-state index in [1.54, 1.807) is 17.1 Å². The molecule has 1 aliphatic carbocycles. The Kier molecular flexibility index (Phi) is 4.36. The summed E-state index contributed by atoms with van der Waals surface area (Å²) in [7, 11) is 1.87. The second-order valence-corrected chi connectivity index (χ2v) is 7.49. The summed E-state index contributed by atoms with van der Waals surface area (Å²) in [5.74, 6) is 0.372. The summed E-state index contributed by atoms with van der Waals surface area (Å²) < 4.78 is 1.74. The van der Waals surface area contributed by atoms with Crippen LogP contribution in [0.25, 0.3) is 10.6 Å². The Hall–Kier alpha value is -2.47. The van der Waals surface area contributed by atoms with Gasteiger partial charge in [0.05, 0.1) is 12.4 Å². The van der Waals surface area contributed by atoms with Crippen LogP contribution in [-0.4, -0.2) is 26.7 Å². The van der Waals surface area contributed by atoms with Crippen molar-refractivity contribution in [2.45, 2.75) is 31.2 Å². The van der Waals surface area contributed by atoms with Gasteiger partial charge in [0, 0.05) is 30.8 Å². The summed E-state index contributed by atoms with van der Waals surface area (Å²) in [5, 5.41) is 8.20. The number of hydrogen-bond acceptors (Lipinski definition) is 4. The van der Waals surface area contributed by atoms with E-state index in [0.717, 1.165) is 29.8 Å². The van der Waals surface area contributed by atoms with Gasteiger partial charge in [0.1, 0.15) is 9.88 Å². The van der Waals surface area contributed by atoms with Crippen LogP contribution in [0.2, 0.25) is 0 Å². The van der Waals surface area contributed by atoms with Crippen molar-refractivity contribution in [1.82, 2.24) is 20.1 Å². The predicted octanol–water partition coefficient (Wildman–Crippen LogP) is 3.61. The van der Waals surface area contributed by atoms with E-state index in [1.807, 2.05) is 19.3 Å². The first-order valence-electron chi connectivity index (χ1n) is 8.51. The van der Waals surface area contributed by atoms with Crippen LogP contribution in [0.4, 0.5) is 0 Å². The summed E-state index contributed by atoms with van der Waals surface area (Å²) >= 11 is 1.41. The number of benzene rings is 1. The van der Waals surface area contributed by atoms with E-state index in [-0.39, 0.29) is 11.9 Å². The molecular formula is C19H20N4OS. The molecule has 0 aliphatic heterocycles. The van der Waals surface area contributed by atoms with Gasteiger partial charge in [0.25, 0.3) is 5.91 Å². The number of rotatable bonds is 4. The quantitative estimate of drug-likeness (QED) is 0.780. The van der Waals surface area contributed by atoms with Gasteiger partial charge in [-0.1, -0.05) is 36.8 Å². The minimum Gasteiger partial charge on any atom is -0.348 e. The van der Waals surface area contributed by atoms with Gasteiger partial charge in [-0.15, -0.1) is 11.3 Å². The van der Waals surface area contributed by atoms with Crippen LogP contribution in [0.1, 0.15) is 40.4 Å². The highest BCUT2D eigenvalue weighted by atomic mass is 32.1. The average Bonchev–Trinajstić information content (AvgIpc) is 3.35. The highest BCUT2D eigenvalue weighted by molar-refractivity contribution is 7.16. The largest absolute Gasteiger partial charge is 0.348 e. The molecule has 1 saturated carbocycles. The predicted molar refractivity (Wildman–Crippen MR) is 98.6 cm³/mol. The maximum absolute atomic E-state index is 12.7. The Morgan fingerprint density at radius 3 is 2.84 bits per heavy atom. The monoisotopic (exact) mass is 352 g/mol. The molecule has 0 bridgehead atoms. The lowest BCUT2D eigenvalue weighted by molar-refractivity contribution is 0.0938. The van der Waals surface area contributed by atoms with Crippen molar-refractivity contribution in [3.8, 4) is 10.6 Å². The Morgan fingerprint density at radius 1 is 1.24 bits per heavy atom. The van der Waals surface area contributed by atoms with Crippen LogP contribution in [0.15, 0.2) is 48.9 Å². The lowest BCUT2D eigenvalue weighted by atomic mass is 9.94. The van der Waals surface area contributed by atoms with Crippen molar-refractivity contribution in [3.05, 3.63) is 59.4 Å². The number of amides is 1. The summed E-state index contributed by atoms with van der Waals surface area (Å²) in [6.07, 6.45) is 8.63. The van der Waals surface area contributed by atoms with E-state index < -0.39 is 0 Å². The number of nitrogens with zero attached hydrogens (tertiary/aromatic N) is 3. The third-order valence-corrected chi connectivity index (χ3v) is 5.79. The van der Waals surface area contributed by atoms with Gasteiger partial charge in [-0.25, -0.2) is 4.98 Å². The Bertz CT molecular complexity index is 870. The fraction of sp³-hybridized carbons (Fsp3) is 0.316. The first-order valence-corrected chi connectivity index (χ1v) is 9.33. The first-order chi connectivity index (χ1) is 12.2. The number of aromatic nitrogens is 3. The van der Waals surface area contributed by atoms with Gasteiger partial charge in [-0.3, -0.25) is 9.48 Å². The number of carbonyl (C=O) groups excluding carboxylic acids is 1. The molecule has 5 nitrogen and oxygen atoms in total.